The number of benzene rings is 1. The molecule has 1 aromatic carbocycles. The Balaban J connectivity index is -0.0000000483. The molecule has 0 bridgehead atoms. The summed E-state index contributed by atoms with van der Waals surface area (Å²) in [5.41, 5.74) is -0.390. The minimum atomic E-state index is -1.25. The average molecular weight is 330 g/mol. The number of hydrogen-bond donors (Lipinski definition) is 2. The molecule has 0 amide bonds. The summed E-state index contributed by atoms with van der Waals surface area (Å²) in [7, 11) is 0. The van der Waals surface area contributed by atoms with E-state index in [9.17, 15) is 9.59 Å². The van der Waals surface area contributed by atoms with Crippen molar-refractivity contribution in [1.82, 2.24) is 0 Å². The van der Waals surface area contributed by atoms with E-state index in [1.807, 2.05) is 0 Å². The quantitative estimate of drug-likeness (QED) is 0.306. The van der Waals surface area contributed by atoms with Crippen LogP contribution in [0.3, 0.4) is 0 Å². The monoisotopic (exact) mass is 330 g/mol. The first kappa shape index (κ1) is 42.7. The predicted octanol–water partition coefficient (Wildman–Crippen LogP) is -4.58. The molecule has 14 N–H and O–H groups in total. The number of carbonyl (C=O) groups is 2. The van der Waals surface area contributed by atoms with Crippen LogP contribution >= 0.6 is 0 Å². The molecule has 118 valence electrons. The Morgan fingerprint density at radius 3 is 1.50 bits per heavy atom. The van der Waals surface area contributed by atoms with E-state index < -0.39 is 11.9 Å². The summed E-state index contributed by atoms with van der Waals surface area (Å²) in [6.07, 6.45) is 0. The molecule has 20 heavy (non-hydrogen) atoms. The van der Waals surface area contributed by atoms with Crippen LogP contribution in [-0.4, -0.2) is 107 Å². The number of carboxylic acids is 1. The van der Waals surface area contributed by atoms with Crippen molar-refractivity contribution in [3.8, 4) is 0 Å². The van der Waals surface area contributed by atoms with Gasteiger partial charge in [-0.15, -0.1) is 0 Å². The Morgan fingerprint density at radius 2 is 1.20 bits per heavy atom. The van der Waals surface area contributed by atoms with E-state index in [1.165, 1.54) is 24.3 Å². The van der Waals surface area contributed by atoms with Gasteiger partial charge in [0.05, 0.1) is 11.1 Å². The molecule has 0 unspecified atom stereocenters. The van der Waals surface area contributed by atoms with Crippen molar-refractivity contribution in [2.45, 2.75) is 0 Å². The molecule has 0 aliphatic rings. The van der Waals surface area contributed by atoms with Gasteiger partial charge in [0.15, 0.2) is 0 Å². The molecule has 0 saturated heterocycles. The fraction of sp³-hybridized carbons (Fsp3) is 0. The van der Waals surface area contributed by atoms with Gasteiger partial charge in [-0.3, -0.25) is 4.89 Å². The molecule has 0 heterocycles. The molecule has 0 radical (unpaired) electrons. The molecule has 0 aliphatic heterocycles. The molecule has 0 aromatic heterocycles. The van der Waals surface area contributed by atoms with Crippen LogP contribution in [0, 0.1) is 0 Å². The molecule has 0 atom stereocenters. The summed E-state index contributed by atoms with van der Waals surface area (Å²) >= 11 is 0. The van der Waals surface area contributed by atoms with Gasteiger partial charge in [0.1, 0.15) is 0 Å². The second-order valence-electron chi connectivity index (χ2n) is 2.23. The normalized spacial score (nSPS) is 6.05. The maximum atomic E-state index is 10.8. The molecule has 12 heteroatoms. The van der Waals surface area contributed by atoms with Gasteiger partial charge in [-0.1, -0.05) is 12.1 Å². The Labute approximate surface area is 155 Å². The Kier molecular flexibility index (Phi) is 44.5. The maximum absolute atomic E-state index is 10.8. The first-order valence-corrected chi connectivity index (χ1v) is 3.35. The number of carbonyl (C=O) groups excluding carboxylic acids is 1. The van der Waals surface area contributed by atoms with Gasteiger partial charge in [-0.05, 0) is 12.1 Å². The van der Waals surface area contributed by atoms with Crippen LogP contribution in [0.2, 0.25) is 0 Å². The minimum absolute atomic E-state index is 0. The third-order valence-corrected chi connectivity index (χ3v) is 1.46. The summed E-state index contributed by atoms with van der Waals surface area (Å²) in [5, 5.41) is 16.7. The number of rotatable bonds is 2. The molecule has 11 nitrogen and oxygen atoms in total. The Bertz CT molecular complexity index is 356. The number of aromatic carboxylic acids is 1. The molecule has 0 fully saturated rings. The summed E-state index contributed by atoms with van der Waals surface area (Å²) in [4.78, 5) is 24.8. The van der Waals surface area contributed by atoms with Crippen LogP contribution in [0.5, 0.6) is 0 Å². The van der Waals surface area contributed by atoms with Crippen LogP contribution in [0.4, 0.5) is 0 Å². The fourth-order valence-corrected chi connectivity index (χ4v) is 0.897. The van der Waals surface area contributed by atoms with E-state index in [2.05, 4.69) is 4.89 Å². The zero-order valence-electron chi connectivity index (χ0n) is 9.43. The van der Waals surface area contributed by atoms with Crippen molar-refractivity contribution < 1.29 is 57.7 Å². The standard InChI is InChI=1S/C8H6O5.K.6H2O.H/c9-7(10)5-3-1-2-4-6(5)8(11)13-12;;;;;;;;/h1-4,12H,(H,9,10);;6*1H2;. The van der Waals surface area contributed by atoms with Crippen LogP contribution in [0.15, 0.2) is 24.3 Å². The van der Waals surface area contributed by atoms with E-state index >= 15 is 0 Å². The summed E-state index contributed by atoms with van der Waals surface area (Å²) in [5.74, 6) is -2.33. The van der Waals surface area contributed by atoms with E-state index in [4.69, 9.17) is 10.4 Å². The van der Waals surface area contributed by atoms with E-state index in [0.717, 1.165) is 0 Å². The van der Waals surface area contributed by atoms with Crippen LogP contribution in [-0.2, 0) is 4.89 Å². The van der Waals surface area contributed by atoms with Crippen molar-refractivity contribution in [1.29, 1.82) is 0 Å². The van der Waals surface area contributed by atoms with Gasteiger partial charge >= 0.3 is 63.3 Å². The van der Waals surface area contributed by atoms with Crippen LogP contribution < -0.4 is 0 Å². The molecule has 1 aromatic rings. The van der Waals surface area contributed by atoms with Crippen LogP contribution in [0.25, 0.3) is 0 Å². The third kappa shape index (κ3) is 11.4. The molecular formula is C8H19KO11. The zero-order chi connectivity index (χ0) is 9.84. The molecule has 0 spiro atoms. The summed E-state index contributed by atoms with van der Waals surface area (Å²) in [6, 6.07) is 5.44. The van der Waals surface area contributed by atoms with E-state index in [0.29, 0.717) is 0 Å². The van der Waals surface area contributed by atoms with Gasteiger partial charge in [0, 0.05) is 0 Å². The zero-order valence-corrected chi connectivity index (χ0v) is 9.43. The fourth-order valence-electron chi connectivity index (χ4n) is 0.897. The first-order valence-electron chi connectivity index (χ1n) is 3.35. The van der Waals surface area contributed by atoms with Gasteiger partial charge in [0.2, 0.25) is 0 Å². The molecule has 1 rings (SSSR count). The topological polar surface area (TPSA) is 273 Å². The predicted molar refractivity (Wildman–Crippen MR) is 70.3 cm³/mol. The Hall–Kier alpha value is -0.484. The second kappa shape index (κ2) is 20.8. The first-order chi connectivity index (χ1) is 6.16. The van der Waals surface area contributed by atoms with Crippen molar-refractivity contribution >= 4 is 63.3 Å². The van der Waals surface area contributed by atoms with Crippen molar-refractivity contribution in [3.63, 3.8) is 0 Å². The average Bonchev–Trinajstić information content (AvgIpc) is 2.16. The number of carboxylic acid groups (broad SMARTS) is 1. The van der Waals surface area contributed by atoms with Gasteiger partial charge < -0.3 is 38.0 Å². The van der Waals surface area contributed by atoms with Gasteiger partial charge in [0.25, 0.3) is 0 Å². The SMILES string of the molecule is O.O.O.O.O.O.O=C(O)c1ccccc1C(=O)OO.[KH]. The number of hydrogen-bond acceptors (Lipinski definition) is 4. The van der Waals surface area contributed by atoms with E-state index in [-0.39, 0.29) is 95.4 Å². The Morgan fingerprint density at radius 1 is 0.850 bits per heavy atom. The summed E-state index contributed by atoms with van der Waals surface area (Å²) in [6.45, 7) is 0. The van der Waals surface area contributed by atoms with E-state index in [1.54, 1.807) is 0 Å². The van der Waals surface area contributed by atoms with Crippen LogP contribution in [0.1, 0.15) is 20.7 Å². The molecule has 0 saturated carbocycles. The molecular weight excluding hydrogens is 311 g/mol. The second-order valence-corrected chi connectivity index (χ2v) is 2.23. The van der Waals surface area contributed by atoms with Gasteiger partial charge in [-0.25, -0.2) is 9.59 Å². The third-order valence-electron chi connectivity index (χ3n) is 1.46. The summed E-state index contributed by atoms with van der Waals surface area (Å²) < 4.78 is 0. The van der Waals surface area contributed by atoms with Crippen molar-refractivity contribution in [2.75, 3.05) is 0 Å². The van der Waals surface area contributed by atoms with Gasteiger partial charge in [-0.2, -0.15) is 5.26 Å². The van der Waals surface area contributed by atoms with Crippen molar-refractivity contribution in [2.24, 2.45) is 0 Å². The van der Waals surface area contributed by atoms with Crippen molar-refractivity contribution in [3.05, 3.63) is 35.4 Å². The molecule has 0 aliphatic carbocycles.